The number of rotatable bonds is 6. The third-order valence-electron chi connectivity index (χ3n) is 4.12. The molecule has 0 aromatic heterocycles. The number of benzene rings is 1. The second-order valence-corrected chi connectivity index (χ2v) is 6.73. The number of hydrogen-bond donors (Lipinski definition) is 3. The zero-order valence-electron chi connectivity index (χ0n) is 14.8. The first-order valence-corrected chi connectivity index (χ1v) is 8.49. The Morgan fingerprint density at radius 1 is 1.38 bits per heavy atom. The van der Waals surface area contributed by atoms with E-state index in [0.29, 0.717) is 30.2 Å². The Bertz CT molecular complexity index is 616. The average molecular weight is 333 g/mol. The van der Waals surface area contributed by atoms with Crippen molar-refractivity contribution in [1.29, 1.82) is 0 Å². The van der Waals surface area contributed by atoms with Crippen molar-refractivity contribution in [1.82, 2.24) is 5.32 Å². The molecule has 24 heavy (non-hydrogen) atoms. The van der Waals surface area contributed by atoms with Crippen molar-refractivity contribution < 1.29 is 14.3 Å². The van der Waals surface area contributed by atoms with Crippen LogP contribution in [0.2, 0.25) is 0 Å². The molecule has 0 radical (unpaired) electrons. The van der Waals surface area contributed by atoms with Gasteiger partial charge in [0.15, 0.2) is 6.10 Å². The summed E-state index contributed by atoms with van der Waals surface area (Å²) < 4.78 is 5.74. The van der Waals surface area contributed by atoms with E-state index in [2.05, 4.69) is 10.6 Å². The summed E-state index contributed by atoms with van der Waals surface area (Å²) in [7, 11) is 0. The monoisotopic (exact) mass is 333 g/mol. The number of ether oxygens (including phenoxy) is 1. The van der Waals surface area contributed by atoms with Gasteiger partial charge in [0.05, 0.1) is 17.8 Å². The number of carbonyl (C=O) groups excluding carboxylic acids is 2. The smallest absolute Gasteiger partial charge is 0.265 e. The summed E-state index contributed by atoms with van der Waals surface area (Å²) >= 11 is 0. The maximum atomic E-state index is 12.2. The fourth-order valence-corrected chi connectivity index (χ4v) is 2.72. The molecular formula is C18H27N3O3. The van der Waals surface area contributed by atoms with Gasteiger partial charge in [0.1, 0.15) is 5.75 Å². The van der Waals surface area contributed by atoms with Crippen LogP contribution in [0.4, 0.5) is 5.69 Å². The molecule has 2 unspecified atom stereocenters. The van der Waals surface area contributed by atoms with Crippen LogP contribution in [-0.4, -0.2) is 24.0 Å². The molecule has 1 heterocycles. The molecule has 2 rings (SSSR count). The Balaban J connectivity index is 2.07. The Morgan fingerprint density at radius 3 is 2.71 bits per heavy atom. The van der Waals surface area contributed by atoms with E-state index < -0.39 is 12.1 Å². The van der Waals surface area contributed by atoms with E-state index in [1.54, 1.807) is 6.07 Å². The summed E-state index contributed by atoms with van der Waals surface area (Å²) in [6, 6.07) is 4.82. The summed E-state index contributed by atoms with van der Waals surface area (Å²) in [4.78, 5) is 24.0. The van der Waals surface area contributed by atoms with Crippen LogP contribution in [0.3, 0.4) is 0 Å². The number of nitrogens with one attached hydrogen (secondary N) is 2. The molecule has 1 aromatic rings. The van der Waals surface area contributed by atoms with E-state index in [0.717, 1.165) is 5.56 Å². The first-order valence-electron chi connectivity index (χ1n) is 8.49. The summed E-state index contributed by atoms with van der Waals surface area (Å²) in [6.07, 6.45) is 0.777. The molecule has 0 saturated carbocycles. The first-order chi connectivity index (χ1) is 11.3. The molecule has 0 bridgehead atoms. The maximum absolute atomic E-state index is 12.2. The van der Waals surface area contributed by atoms with Gasteiger partial charge >= 0.3 is 0 Å². The second kappa shape index (κ2) is 7.66. The lowest BCUT2D eigenvalue weighted by molar-refractivity contribution is -0.124. The van der Waals surface area contributed by atoms with Gasteiger partial charge in [-0.3, -0.25) is 9.59 Å². The Kier molecular flexibility index (Phi) is 5.83. The van der Waals surface area contributed by atoms with Gasteiger partial charge in [-0.1, -0.05) is 26.8 Å². The molecule has 0 fully saturated rings. The van der Waals surface area contributed by atoms with E-state index in [1.165, 1.54) is 0 Å². The van der Waals surface area contributed by atoms with Crippen LogP contribution in [0.15, 0.2) is 18.2 Å². The molecule has 0 spiro atoms. The van der Waals surface area contributed by atoms with Gasteiger partial charge in [0, 0.05) is 0 Å². The zero-order valence-corrected chi connectivity index (χ0v) is 14.8. The summed E-state index contributed by atoms with van der Waals surface area (Å²) in [5, 5.41) is 5.77. The van der Waals surface area contributed by atoms with Gasteiger partial charge in [-0.05, 0) is 43.4 Å². The molecule has 6 heteroatoms. The van der Waals surface area contributed by atoms with E-state index >= 15 is 0 Å². The minimum Gasteiger partial charge on any atom is -0.478 e. The van der Waals surface area contributed by atoms with E-state index in [9.17, 15) is 9.59 Å². The standard InChI is InChI=1S/C18H27N3O3/c1-5-15-18(23)21-14-7-6-12(9-16(14)24-15)11(4)20-17(22)13(19)8-10(2)3/h6-7,9-11,13,15H,5,8,19H2,1-4H3,(H,20,22)(H,21,23)/t11?,13-,15?/m0/s1. The lowest BCUT2D eigenvalue weighted by atomic mass is 10.0. The number of fused-ring (bicyclic) bond motifs is 1. The van der Waals surface area contributed by atoms with Crippen LogP contribution in [0.1, 0.15) is 52.1 Å². The van der Waals surface area contributed by atoms with Gasteiger partial charge in [-0.15, -0.1) is 0 Å². The minimum atomic E-state index is -0.509. The molecule has 2 amide bonds. The largest absolute Gasteiger partial charge is 0.478 e. The van der Waals surface area contributed by atoms with Crippen molar-refractivity contribution in [2.45, 2.75) is 58.7 Å². The normalized spacial score (nSPS) is 19.1. The molecule has 1 aliphatic heterocycles. The van der Waals surface area contributed by atoms with Crippen molar-refractivity contribution >= 4 is 17.5 Å². The molecule has 6 nitrogen and oxygen atoms in total. The highest BCUT2D eigenvalue weighted by atomic mass is 16.5. The highest BCUT2D eigenvalue weighted by Gasteiger charge is 2.26. The van der Waals surface area contributed by atoms with Crippen molar-refractivity contribution in [3.8, 4) is 5.75 Å². The van der Waals surface area contributed by atoms with Crippen LogP contribution < -0.4 is 21.1 Å². The van der Waals surface area contributed by atoms with E-state index in [1.807, 2.05) is 39.8 Å². The number of carbonyl (C=O) groups is 2. The van der Waals surface area contributed by atoms with Crippen molar-refractivity contribution in [3.05, 3.63) is 23.8 Å². The third-order valence-corrected chi connectivity index (χ3v) is 4.12. The summed E-state index contributed by atoms with van der Waals surface area (Å²) in [5.41, 5.74) is 7.49. The van der Waals surface area contributed by atoms with Crippen molar-refractivity contribution in [3.63, 3.8) is 0 Å². The van der Waals surface area contributed by atoms with Gasteiger partial charge < -0.3 is 21.1 Å². The molecule has 0 saturated heterocycles. The Hall–Kier alpha value is -2.08. The van der Waals surface area contributed by atoms with Crippen LogP contribution in [0, 0.1) is 5.92 Å². The lowest BCUT2D eigenvalue weighted by Crippen LogP contribution is -2.42. The van der Waals surface area contributed by atoms with Gasteiger partial charge in [-0.2, -0.15) is 0 Å². The van der Waals surface area contributed by atoms with Gasteiger partial charge in [-0.25, -0.2) is 0 Å². The van der Waals surface area contributed by atoms with E-state index in [4.69, 9.17) is 10.5 Å². The average Bonchev–Trinajstić information content (AvgIpc) is 2.52. The first kappa shape index (κ1) is 18.3. The predicted molar refractivity (Wildman–Crippen MR) is 93.8 cm³/mol. The van der Waals surface area contributed by atoms with E-state index in [-0.39, 0.29) is 17.9 Å². The predicted octanol–water partition coefficient (Wildman–Crippen LogP) is 2.35. The van der Waals surface area contributed by atoms with Gasteiger partial charge in [0.25, 0.3) is 5.91 Å². The fourth-order valence-electron chi connectivity index (χ4n) is 2.72. The topological polar surface area (TPSA) is 93.4 Å². The second-order valence-electron chi connectivity index (χ2n) is 6.73. The molecular weight excluding hydrogens is 306 g/mol. The highest BCUT2D eigenvalue weighted by Crippen LogP contribution is 2.33. The lowest BCUT2D eigenvalue weighted by Gasteiger charge is -2.26. The molecule has 3 atom stereocenters. The zero-order chi connectivity index (χ0) is 17.9. The third kappa shape index (κ3) is 4.26. The summed E-state index contributed by atoms with van der Waals surface area (Å²) in [5.74, 6) is 0.715. The molecule has 4 N–H and O–H groups in total. The van der Waals surface area contributed by atoms with Crippen LogP contribution in [0.5, 0.6) is 5.75 Å². The van der Waals surface area contributed by atoms with Crippen LogP contribution in [0.25, 0.3) is 0 Å². The highest BCUT2D eigenvalue weighted by molar-refractivity contribution is 5.97. The number of anilines is 1. The maximum Gasteiger partial charge on any atom is 0.265 e. The number of hydrogen-bond acceptors (Lipinski definition) is 4. The van der Waals surface area contributed by atoms with Gasteiger partial charge in [0.2, 0.25) is 5.91 Å². The molecule has 1 aliphatic rings. The SMILES string of the molecule is CCC1Oc2cc(C(C)NC(=O)[C@@H](N)CC(C)C)ccc2NC1=O. The molecule has 1 aromatic carbocycles. The molecule has 0 aliphatic carbocycles. The fraction of sp³-hybridized carbons (Fsp3) is 0.556. The van der Waals surface area contributed by atoms with Crippen molar-refractivity contribution in [2.75, 3.05) is 5.32 Å². The molecule has 132 valence electrons. The minimum absolute atomic E-state index is 0.126. The number of amides is 2. The number of nitrogens with two attached hydrogens (primary N) is 1. The quantitative estimate of drug-likeness (QED) is 0.745. The van der Waals surface area contributed by atoms with Crippen LogP contribution >= 0.6 is 0 Å². The van der Waals surface area contributed by atoms with Crippen LogP contribution in [-0.2, 0) is 9.59 Å². The van der Waals surface area contributed by atoms with Crippen molar-refractivity contribution in [2.24, 2.45) is 11.7 Å². The Morgan fingerprint density at radius 2 is 2.08 bits per heavy atom. The summed E-state index contributed by atoms with van der Waals surface area (Å²) in [6.45, 7) is 7.88. The Labute approximate surface area is 143 Å².